The molecule has 1 saturated heterocycles. The molecular weight excluding hydrogens is 318 g/mol. The van der Waals surface area contributed by atoms with Crippen molar-refractivity contribution in [3.05, 3.63) is 35.9 Å². The Morgan fingerprint density at radius 2 is 1.84 bits per heavy atom. The smallest absolute Gasteiger partial charge is 0.321 e. The number of aliphatic hydroxyl groups excluding tert-OH is 1. The van der Waals surface area contributed by atoms with Crippen LogP contribution in [-0.2, 0) is 4.79 Å². The number of aliphatic hydroxyl groups is 1. The van der Waals surface area contributed by atoms with Gasteiger partial charge in [-0.2, -0.15) is 0 Å². The molecule has 3 amide bonds. The molecule has 0 radical (unpaired) electrons. The van der Waals surface area contributed by atoms with Gasteiger partial charge in [0.15, 0.2) is 0 Å². The van der Waals surface area contributed by atoms with Crippen LogP contribution in [0.2, 0.25) is 0 Å². The molecule has 138 valence electrons. The van der Waals surface area contributed by atoms with Crippen molar-refractivity contribution in [1.29, 1.82) is 0 Å². The largest absolute Gasteiger partial charge is 0.388 e. The van der Waals surface area contributed by atoms with E-state index in [2.05, 4.69) is 10.6 Å². The van der Waals surface area contributed by atoms with E-state index in [-0.39, 0.29) is 18.4 Å². The summed E-state index contributed by atoms with van der Waals surface area (Å²) in [5, 5.41) is 15.5. The average molecular weight is 347 g/mol. The minimum absolute atomic E-state index is 0.205. The van der Waals surface area contributed by atoms with Gasteiger partial charge in [0.2, 0.25) is 5.91 Å². The van der Waals surface area contributed by atoms with E-state index in [0.717, 1.165) is 31.5 Å². The number of nitrogens with zero attached hydrogens (tertiary/aromatic N) is 1. The first kappa shape index (κ1) is 19.4. The monoisotopic (exact) mass is 347 g/mol. The van der Waals surface area contributed by atoms with Gasteiger partial charge in [0.05, 0.1) is 12.6 Å². The van der Waals surface area contributed by atoms with Crippen molar-refractivity contribution >= 4 is 11.9 Å². The minimum atomic E-state index is -0.459. The van der Waals surface area contributed by atoms with Crippen molar-refractivity contribution in [2.45, 2.75) is 32.8 Å². The van der Waals surface area contributed by atoms with Crippen LogP contribution in [0.15, 0.2) is 30.3 Å². The highest BCUT2D eigenvalue weighted by Crippen LogP contribution is 2.30. The topological polar surface area (TPSA) is 81.7 Å². The number of carbonyl (C=O) groups is 2. The Hall–Kier alpha value is -1.92. The van der Waals surface area contributed by atoms with Crippen molar-refractivity contribution in [1.82, 2.24) is 15.5 Å². The molecule has 1 unspecified atom stereocenters. The van der Waals surface area contributed by atoms with Gasteiger partial charge in [-0.1, -0.05) is 44.2 Å². The van der Waals surface area contributed by atoms with Crippen LogP contribution in [0.3, 0.4) is 0 Å². The summed E-state index contributed by atoms with van der Waals surface area (Å²) in [7, 11) is 0. The number of carbonyl (C=O) groups excluding carboxylic acids is 2. The predicted molar refractivity (Wildman–Crippen MR) is 96.9 cm³/mol. The highest BCUT2D eigenvalue weighted by atomic mass is 16.3. The fraction of sp³-hybridized carbons (Fsp3) is 0.579. The van der Waals surface area contributed by atoms with E-state index in [1.54, 1.807) is 0 Å². The third kappa shape index (κ3) is 6.48. The Bertz CT molecular complexity index is 554. The van der Waals surface area contributed by atoms with Crippen molar-refractivity contribution in [2.24, 2.45) is 11.8 Å². The first-order chi connectivity index (χ1) is 12.0. The van der Waals surface area contributed by atoms with Gasteiger partial charge in [0.25, 0.3) is 0 Å². The second-order valence-corrected chi connectivity index (χ2v) is 7.12. The van der Waals surface area contributed by atoms with Gasteiger partial charge in [0, 0.05) is 6.54 Å². The number of piperidine rings is 1. The number of benzene rings is 1. The van der Waals surface area contributed by atoms with Crippen LogP contribution in [0.5, 0.6) is 0 Å². The molecule has 0 bridgehead atoms. The number of likely N-dealkylation sites (tertiary alicyclic amines) is 1. The summed E-state index contributed by atoms with van der Waals surface area (Å²) in [6, 6.07) is 9.26. The molecule has 1 fully saturated rings. The molecule has 1 aliphatic rings. The van der Waals surface area contributed by atoms with Gasteiger partial charge < -0.3 is 10.4 Å². The molecule has 0 spiro atoms. The molecule has 2 rings (SSSR count). The Labute approximate surface area is 149 Å². The molecule has 1 heterocycles. The Morgan fingerprint density at radius 3 is 2.44 bits per heavy atom. The third-order valence-corrected chi connectivity index (χ3v) is 4.51. The summed E-state index contributed by atoms with van der Waals surface area (Å²) < 4.78 is 0. The van der Waals surface area contributed by atoms with Crippen molar-refractivity contribution < 1.29 is 14.7 Å². The lowest BCUT2D eigenvalue weighted by atomic mass is 9.87. The fourth-order valence-corrected chi connectivity index (χ4v) is 3.06. The summed E-state index contributed by atoms with van der Waals surface area (Å²) in [6.07, 6.45) is 1.21. The quantitative estimate of drug-likeness (QED) is 0.734. The molecule has 0 aromatic heterocycles. The highest BCUT2D eigenvalue weighted by Gasteiger charge is 2.27. The summed E-state index contributed by atoms with van der Waals surface area (Å²) in [5.74, 6) is 0.260. The first-order valence-corrected chi connectivity index (χ1v) is 8.98. The summed E-state index contributed by atoms with van der Waals surface area (Å²) in [6.45, 7) is 6.24. The SMILES string of the molecule is CC(C)CNC(=O)NC(=O)CN1CCC(C(O)c2ccccc2)CC1. The van der Waals surface area contributed by atoms with Gasteiger partial charge in [-0.05, 0) is 43.3 Å². The maximum absolute atomic E-state index is 11.9. The predicted octanol–water partition coefficient (Wildman–Crippen LogP) is 1.91. The number of hydrogen-bond donors (Lipinski definition) is 3. The zero-order chi connectivity index (χ0) is 18.2. The van der Waals surface area contributed by atoms with Crippen LogP contribution in [0.1, 0.15) is 38.4 Å². The summed E-state index contributed by atoms with van der Waals surface area (Å²) in [5.41, 5.74) is 0.945. The zero-order valence-electron chi connectivity index (χ0n) is 15.1. The number of amides is 3. The number of rotatable bonds is 6. The van der Waals surface area contributed by atoms with Crippen LogP contribution in [0, 0.1) is 11.8 Å². The van der Waals surface area contributed by atoms with Gasteiger partial charge in [-0.25, -0.2) is 4.79 Å². The second kappa shape index (κ2) is 9.53. The standard InChI is InChI=1S/C19H29N3O3/c1-14(2)12-20-19(25)21-17(23)13-22-10-8-16(9-11-22)18(24)15-6-4-3-5-7-15/h3-7,14,16,18,24H,8-13H2,1-2H3,(H2,20,21,23,25). The van der Waals surface area contributed by atoms with Gasteiger partial charge in [-0.3, -0.25) is 15.0 Å². The molecule has 3 N–H and O–H groups in total. The molecule has 1 aromatic rings. The number of urea groups is 1. The average Bonchev–Trinajstić information content (AvgIpc) is 2.60. The minimum Gasteiger partial charge on any atom is -0.388 e. The number of nitrogens with one attached hydrogen (secondary N) is 2. The molecule has 0 aliphatic carbocycles. The lowest BCUT2D eigenvalue weighted by Gasteiger charge is -2.33. The van der Waals surface area contributed by atoms with Gasteiger partial charge >= 0.3 is 6.03 Å². The van der Waals surface area contributed by atoms with E-state index in [0.29, 0.717) is 12.5 Å². The number of hydrogen-bond acceptors (Lipinski definition) is 4. The second-order valence-electron chi connectivity index (χ2n) is 7.12. The summed E-state index contributed by atoms with van der Waals surface area (Å²) >= 11 is 0. The first-order valence-electron chi connectivity index (χ1n) is 8.98. The molecule has 1 aliphatic heterocycles. The van der Waals surface area contributed by atoms with E-state index < -0.39 is 12.1 Å². The fourth-order valence-electron chi connectivity index (χ4n) is 3.06. The maximum Gasteiger partial charge on any atom is 0.321 e. The molecular formula is C19H29N3O3. The zero-order valence-corrected chi connectivity index (χ0v) is 15.1. The van der Waals surface area contributed by atoms with Crippen LogP contribution < -0.4 is 10.6 Å². The summed E-state index contributed by atoms with van der Waals surface area (Å²) in [4.78, 5) is 25.6. The Morgan fingerprint density at radius 1 is 1.20 bits per heavy atom. The van der Waals surface area contributed by atoms with E-state index in [9.17, 15) is 14.7 Å². The van der Waals surface area contributed by atoms with Crippen LogP contribution in [-0.4, -0.2) is 48.1 Å². The Kier molecular flexibility index (Phi) is 7.40. The van der Waals surface area contributed by atoms with Crippen molar-refractivity contribution in [3.63, 3.8) is 0 Å². The van der Waals surface area contributed by atoms with Crippen molar-refractivity contribution in [3.8, 4) is 0 Å². The van der Waals surface area contributed by atoms with E-state index in [1.165, 1.54) is 0 Å². The highest BCUT2D eigenvalue weighted by molar-refractivity contribution is 5.95. The molecule has 1 aromatic carbocycles. The van der Waals surface area contributed by atoms with Crippen LogP contribution in [0.4, 0.5) is 4.79 Å². The molecule has 25 heavy (non-hydrogen) atoms. The normalized spacial score (nSPS) is 17.3. The van der Waals surface area contributed by atoms with Crippen LogP contribution in [0.25, 0.3) is 0 Å². The maximum atomic E-state index is 11.9. The molecule has 6 nitrogen and oxygen atoms in total. The van der Waals surface area contributed by atoms with E-state index in [1.807, 2.05) is 49.1 Å². The lowest BCUT2D eigenvalue weighted by Crippen LogP contribution is -2.47. The Balaban J connectivity index is 1.71. The number of imide groups is 1. The lowest BCUT2D eigenvalue weighted by molar-refractivity contribution is -0.121. The van der Waals surface area contributed by atoms with Gasteiger partial charge in [-0.15, -0.1) is 0 Å². The molecule has 0 saturated carbocycles. The van der Waals surface area contributed by atoms with Gasteiger partial charge in [0.1, 0.15) is 0 Å². The third-order valence-electron chi connectivity index (χ3n) is 4.51. The van der Waals surface area contributed by atoms with E-state index in [4.69, 9.17) is 0 Å². The molecule has 1 atom stereocenters. The molecule has 6 heteroatoms. The van der Waals surface area contributed by atoms with E-state index >= 15 is 0 Å². The van der Waals surface area contributed by atoms with Crippen LogP contribution >= 0.6 is 0 Å². The van der Waals surface area contributed by atoms with Crippen molar-refractivity contribution in [2.75, 3.05) is 26.2 Å².